The normalized spacial score (nSPS) is 25.2. The molecule has 0 aliphatic carbocycles. The van der Waals surface area contributed by atoms with Crippen molar-refractivity contribution in [2.75, 3.05) is 19.0 Å². The molecule has 1 aliphatic rings. The third-order valence-electron chi connectivity index (χ3n) is 5.28. The fourth-order valence-corrected chi connectivity index (χ4v) is 3.24. The fraction of sp³-hybridized carbons (Fsp3) is 0.476. The Bertz CT molecular complexity index is 936. The summed E-state index contributed by atoms with van der Waals surface area (Å²) in [6.45, 7) is 3.13. The highest BCUT2D eigenvalue weighted by molar-refractivity contribution is 6.03. The lowest BCUT2D eigenvalue weighted by molar-refractivity contribution is -0.129. The van der Waals surface area contributed by atoms with Gasteiger partial charge < -0.3 is 29.7 Å². The van der Waals surface area contributed by atoms with Crippen molar-refractivity contribution in [1.29, 1.82) is 0 Å². The van der Waals surface area contributed by atoms with Crippen molar-refractivity contribution < 1.29 is 29.2 Å². The van der Waals surface area contributed by atoms with E-state index in [-0.39, 0.29) is 11.9 Å². The third kappa shape index (κ3) is 5.17. The molecule has 10 heteroatoms. The van der Waals surface area contributed by atoms with E-state index in [2.05, 4.69) is 10.3 Å². The molecule has 1 aromatic carbocycles. The van der Waals surface area contributed by atoms with E-state index in [0.717, 1.165) is 4.57 Å². The molecule has 3 rings (SSSR count). The molecule has 1 aliphatic heterocycles. The Labute approximate surface area is 179 Å². The summed E-state index contributed by atoms with van der Waals surface area (Å²) in [5.41, 5.74) is -0.279. The first-order valence-electron chi connectivity index (χ1n) is 9.94. The van der Waals surface area contributed by atoms with Gasteiger partial charge in [0.15, 0.2) is 6.23 Å². The highest BCUT2D eigenvalue weighted by atomic mass is 16.6. The molecule has 3 N–H and O–H groups in total. The minimum absolute atomic E-state index is 0.0752. The number of nitrogens with zero attached hydrogens (tertiary/aromatic N) is 2. The number of carbonyl (C=O) groups excluding carboxylic acids is 1. The fourth-order valence-electron chi connectivity index (χ4n) is 3.24. The van der Waals surface area contributed by atoms with Crippen molar-refractivity contribution in [3.05, 3.63) is 58.6 Å². The van der Waals surface area contributed by atoms with Gasteiger partial charge in [0.05, 0.1) is 18.8 Å². The van der Waals surface area contributed by atoms with Gasteiger partial charge in [-0.2, -0.15) is 4.98 Å². The molecule has 2 aromatic rings. The number of hydrogen-bond acceptors (Lipinski definition) is 8. The first-order chi connectivity index (χ1) is 14.8. The summed E-state index contributed by atoms with van der Waals surface area (Å²) in [4.78, 5) is 28.8. The van der Waals surface area contributed by atoms with E-state index in [1.807, 2.05) is 6.92 Å². The van der Waals surface area contributed by atoms with Crippen LogP contribution >= 0.6 is 0 Å². The summed E-state index contributed by atoms with van der Waals surface area (Å²) in [7, 11) is 1.54. The highest BCUT2D eigenvalue weighted by Gasteiger charge is 2.46. The molecule has 31 heavy (non-hydrogen) atoms. The van der Waals surface area contributed by atoms with Crippen LogP contribution in [0, 0.1) is 0 Å². The Kier molecular flexibility index (Phi) is 7.52. The Balaban J connectivity index is 1.81. The average molecular weight is 433 g/mol. The zero-order valence-corrected chi connectivity index (χ0v) is 17.5. The quantitative estimate of drug-likeness (QED) is 0.550. The molecule has 1 amide bonds. The molecule has 6 atom stereocenters. The highest BCUT2D eigenvalue weighted by Crippen LogP contribution is 2.32. The monoisotopic (exact) mass is 433 g/mol. The third-order valence-corrected chi connectivity index (χ3v) is 5.28. The van der Waals surface area contributed by atoms with Gasteiger partial charge in [-0.25, -0.2) is 4.79 Å². The van der Waals surface area contributed by atoms with Crippen LogP contribution in [-0.2, 0) is 14.2 Å². The molecule has 1 fully saturated rings. The molecule has 1 aromatic heterocycles. The summed E-state index contributed by atoms with van der Waals surface area (Å²) in [6.07, 6.45) is -3.33. The van der Waals surface area contributed by atoms with Gasteiger partial charge in [0, 0.05) is 18.9 Å². The van der Waals surface area contributed by atoms with Crippen molar-refractivity contribution in [1.82, 2.24) is 9.55 Å². The largest absolute Gasteiger partial charge is 0.394 e. The van der Waals surface area contributed by atoms with Crippen molar-refractivity contribution in [2.45, 2.75) is 50.6 Å². The topological polar surface area (TPSA) is 132 Å². The van der Waals surface area contributed by atoms with Crippen molar-refractivity contribution in [3.8, 4) is 0 Å². The van der Waals surface area contributed by atoms with E-state index in [1.165, 1.54) is 19.4 Å². The van der Waals surface area contributed by atoms with Gasteiger partial charge in [-0.1, -0.05) is 18.2 Å². The second-order valence-corrected chi connectivity index (χ2v) is 7.31. The van der Waals surface area contributed by atoms with E-state index in [1.54, 1.807) is 37.3 Å². The number of rotatable bonds is 8. The maximum absolute atomic E-state index is 12.7. The number of ether oxygens (including phenoxy) is 3. The van der Waals surface area contributed by atoms with Crippen LogP contribution in [0.1, 0.15) is 30.4 Å². The molecule has 1 saturated heterocycles. The maximum atomic E-state index is 12.7. The van der Waals surface area contributed by atoms with E-state index in [4.69, 9.17) is 14.2 Å². The molecule has 2 heterocycles. The van der Waals surface area contributed by atoms with Gasteiger partial charge in [-0.05, 0) is 32.0 Å². The predicted octanol–water partition coefficient (Wildman–Crippen LogP) is 0.555. The van der Waals surface area contributed by atoms with Crippen LogP contribution in [0.5, 0.6) is 0 Å². The van der Waals surface area contributed by atoms with Gasteiger partial charge in [-0.15, -0.1) is 0 Å². The lowest BCUT2D eigenvalue weighted by Gasteiger charge is -2.28. The zero-order chi connectivity index (χ0) is 22.5. The van der Waals surface area contributed by atoms with E-state index in [0.29, 0.717) is 5.56 Å². The molecular weight excluding hydrogens is 406 g/mol. The van der Waals surface area contributed by atoms with Crippen LogP contribution in [-0.4, -0.2) is 69.9 Å². The van der Waals surface area contributed by atoms with Gasteiger partial charge >= 0.3 is 5.69 Å². The molecule has 168 valence electrons. The van der Waals surface area contributed by atoms with Gasteiger partial charge in [0.2, 0.25) is 0 Å². The molecule has 1 unspecified atom stereocenters. The number of benzene rings is 1. The Morgan fingerprint density at radius 2 is 1.97 bits per heavy atom. The van der Waals surface area contributed by atoms with Gasteiger partial charge in [0.1, 0.15) is 24.1 Å². The zero-order valence-electron chi connectivity index (χ0n) is 17.5. The smallest absolute Gasteiger partial charge is 0.351 e. The van der Waals surface area contributed by atoms with E-state index < -0.39 is 48.8 Å². The lowest BCUT2D eigenvalue weighted by atomic mass is 10.1. The number of nitrogens with one attached hydrogen (secondary N) is 1. The SMILES string of the molecule is CO[C@H](C)[C@@H](C)O[C@H]1C(O)[C@@H](CO)O[C@H]1n1ccc(NC(=O)c2ccccc2)nc1=O. The van der Waals surface area contributed by atoms with Crippen LogP contribution in [0.15, 0.2) is 47.4 Å². The minimum atomic E-state index is -1.16. The number of anilines is 1. The summed E-state index contributed by atoms with van der Waals surface area (Å²) >= 11 is 0. The first-order valence-corrected chi connectivity index (χ1v) is 9.94. The Morgan fingerprint density at radius 3 is 2.58 bits per heavy atom. The van der Waals surface area contributed by atoms with Gasteiger partial charge in [-0.3, -0.25) is 9.36 Å². The molecule has 0 spiro atoms. The Morgan fingerprint density at radius 1 is 1.26 bits per heavy atom. The van der Waals surface area contributed by atoms with Crippen LogP contribution < -0.4 is 11.0 Å². The molecule has 0 radical (unpaired) electrons. The number of amides is 1. The standard InChI is InChI=1S/C21H27N3O7/c1-12(29-3)13(2)30-18-17(26)15(11-25)31-20(18)24-10-9-16(23-21(24)28)22-19(27)14-7-5-4-6-8-14/h4-10,12-13,15,17-18,20,25-26H,11H2,1-3H3,(H,22,23,27,28)/t12-,13-,15-,17?,18+,20-/m1/s1. The van der Waals surface area contributed by atoms with Gasteiger partial charge in [0.25, 0.3) is 5.91 Å². The van der Waals surface area contributed by atoms with Crippen LogP contribution in [0.25, 0.3) is 0 Å². The summed E-state index contributed by atoms with van der Waals surface area (Å²) < 4.78 is 18.0. The maximum Gasteiger partial charge on any atom is 0.351 e. The predicted molar refractivity (Wildman–Crippen MR) is 111 cm³/mol. The number of aliphatic hydroxyl groups is 2. The number of aliphatic hydroxyl groups excluding tert-OH is 2. The number of hydrogen-bond donors (Lipinski definition) is 3. The number of carbonyl (C=O) groups is 1. The summed E-state index contributed by atoms with van der Waals surface area (Å²) in [6, 6.07) is 9.98. The first kappa shape index (κ1) is 23.0. The number of methoxy groups -OCH3 is 1. The molecule has 0 saturated carbocycles. The van der Waals surface area contributed by atoms with Crippen molar-refractivity contribution in [3.63, 3.8) is 0 Å². The lowest BCUT2D eigenvalue weighted by Crippen LogP contribution is -2.42. The number of aromatic nitrogens is 2. The molecule has 0 bridgehead atoms. The van der Waals surface area contributed by atoms with E-state index in [9.17, 15) is 19.8 Å². The summed E-state index contributed by atoms with van der Waals surface area (Å²) in [5, 5.41) is 22.6. The van der Waals surface area contributed by atoms with Crippen molar-refractivity contribution in [2.24, 2.45) is 0 Å². The average Bonchev–Trinajstić information content (AvgIpc) is 3.08. The Hall–Kier alpha value is -2.63. The minimum Gasteiger partial charge on any atom is -0.394 e. The summed E-state index contributed by atoms with van der Waals surface area (Å²) in [5.74, 6) is -0.326. The van der Waals surface area contributed by atoms with Crippen molar-refractivity contribution >= 4 is 11.7 Å². The molecule has 10 nitrogen and oxygen atoms in total. The van der Waals surface area contributed by atoms with Crippen LogP contribution in [0.4, 0.5) is 5.82 Å². The second-order valence-electron chi connectivity index (χ2n) is 7.31. The second kappa shape index (κ2) is 10.1. The van der Waals surface area contributed by atoms with Crippen LogP contribution in [0.3, 0.4) is 0 Å². The molecular formula is C21H27N3O7. The van der Waals surface area contributed by atoms with Crippen LogP contribution in [0.2, 0.25) is 0 Å². The van der Waals surface area contributed by atoms with E-state index >= 15 is 0 Å².